The Balaban J connectivity index is 2.09. The van der Waals surface area contributed by atoms with Crippen molar-refractivity contribution in [3.05, 3.63) is 64.9 Å². The minimum Gasteiger partial charge on any atom is -0.449 e. The zero-order chi connectivity index (χ0) is 15.7. The Morgan fingerprint density at radius 1 is 1.09 bits per heavy atom. The fourth-order valence-electron chi connectivity index (χ4n) is 2.14. The average molecular weight is 315 g/mol. The first kappa shape index (κ1) is 14.2. The molecule has 2 amide bonds. The molecule has 0 saturated heterocycles. The predicted octanol–water partition coefficient (Wildman–Crippen LogP) is 3.44. The number of hydrogen-bond acceptors (Lipinski definition) is 3. The molecule has 0 bridgehead atoms. The number of furan rings is 1. The molecular formula is C16H11ClN2O3. The number of carbonyl (C=O) groups is 2. The van der Waals surface area contributed by atoms with Crippen molar-refractivity contribution in [1.82, 2.24) is 0 Å². The molecule has 0 spiro atoms. The lowest BCUT2D eigenvalue weighted by atomic mass is 10.2. The fraction of sp³-hybridized carbons (Fsp3) is 0. The van der Waals surface area contributed by atoms with Crippen molar-refractivity contribution in [2.24, 2.45) is 5.73 Å². The number of primary amides is 1. The second-order valence-corrected chi connectivity index (χ2v) is 5.07. The molecule has 3 N–H and O–H groups in total. The molecule has 5 nitrogen and oxygen atoms in total. The maximum atomic E-state index is 12.3. The Hall–Kier alpha value is -2.79. The molecular weight excluding hydrogens is 304 g/mol. The zero-order valence-electron chi connectivity index (χ0n) is 11.3. The van der Waals surface area contributed by atoms with Crippen LogP contribution in [0.5, 0.6) is 0 Å². The summed E-state index contributed by atoms with van der Waals surface area (Å²) >= 11 is 5.96. The lowest BCUT2D eigenvalue weighted by Gasteiger charge is -2.05. The first-order valence-corrected chi connectivity index (χ1v) is 6.82. The van der Waals surface area contributed by atoms with Crippen LogP contribution in [0.1, 0.15) is 20.9 Å². The van der Waals surface area contributed by atoms with E-state index in [-0.39, 0.29) is 17.4 Å². The minimum atomic E-state index is -0.768. The molecule has 0 aliphatic heterocycles. The number of fused-ring (bicyclic) bond motifs is 1. The van der Waals surface area contributed by atoms with E-state index in [2.05, 4.69) is 5.32 Å². The Morgan fingerprint density at radius 2 is 1.82 bits per heavy atom. The third-order valence-corrected chi connectivity index (χ3v) is 3.38. The smallest absolute Gasteiger partial charge is 0.286 e. The van der Waals surface area contributed by atoms with Crippen LogP contribution >= 0.6 is 11.6 Å². The lowest BCUT2D eigenvalue weighted by Crippen LogP contribution is -2.17. The molecule has 0 fully saturated rings. The topological polar surface area (TPSA) is 85.3 Å². The van der Waals surface area contributed by atoms with Gasteiger partial charge in [0, 0.05) is 16.0 Å². The minimum absolute atomic E-state index is 0.110. The van der Waals surface area contributed by atoms with Crippen LogP contribution in [0.4, 0.5) is 5.69 Å². The SMILES string of the molecule is NC(=O)c1oc2ccc(Cl)cc2c1NC(=O)c1ccccc1. The van der Waals surface area contributed by atoms with E-state index in [0.717, 1.165) is 0 Å². The highest BCUT2D eigenvalue weighted by Gasteiger charge is 2.21. The van der Waals surface area contributed by atoms with Crippen LogP contribution in [-0.2, 0) is 0 Å². The summed E-state index contributed by atoms with van der Waals surface area (Å²) in [4.78, 5) is 23.8. The van der Waals surface area contributed by atoms with Gasteiger partial charge in [0.25, 0.3) is 11.8 Å². The molecule has 3 rings (SSSR count). The summed E-state index contributed by atoms with van der Waals surface area (Å²) in [5, 5.41) is 3.64. The van der Waals surface area contributed by atoms with Gasteiger partial charge in [0.2, 0.25) is 5.76 Å². The fourth-order valence-corrected chi connectivity index (χ4v) is 2.31. The number of anilines is 1. The number of halogens is 1. The number of nitrogens with one attached hydrogen (secondary N) is 1. The average Bonchev–Trinajstić information content (AvgIpc) is 2.86. The van der Waals surface area contributed by atoms with Crippen LogP contribution < -0.4 is 11.1 Å². The number of nitrogens with two attached hydrogens (primary N) is 1. The van der Waals surface area contributed by atoms with Gasteiger partial charge in [-0.1, -0.05) is 29.8 Å². The van der Waals surface area contributed by atoms with E-state index in [0.29, 0.717) is 21.6 Å². The van der Waals surface area contributed by atoms with Crippen LogP contribution in [0, 0.1) is 0 Å². The van der Waals surface area contributed by atoms with Crippen molar-refractivity contribution < 1.29 is 14.0 Å². The second kappa shape index (κ2) is 5.54. The van der Waals surface area contributed by atoms with Gasteiger partial charge >= 0.3 is 0 Å². The molecule has 6 heteroatoms. The number of rotatable bonds is 3. The van der Waals surface area contributed by atoms with Gasteiger partial charge in [0.1, 0.15) is 11.3 Å². The van der Waals surface area contributed by atoms with Crippen LogP contribution in [0.3, 0.4) is 0 Å². The monoisotopic (exact) mass is 314 g/mol. The summed E-state index contributed by atoms with van der Waals surface area (Å²) < 4.78 is 5.40. The summed E-state index contributed by atoms with van der Waals surface area (Å²) in [6.07, 6.45) is 0. The molecule has 1 aromatic heterocycles. The first-order valence-electron chi connectivity index (χ1n) is 6.44. The molecule has 0 aliphatic carbocycles. The van der Waals surface area contributed by atoms with Crippen molar-refractivity contribution >= 4 is 40.1 Å². The van der Waals surface area contributed by atoms with E-state index in [9.17, 15) is 9.59 Å². The quantitative estimate of drug-likeness (QED) is 0.776. The Labute approximate surface area is 130 Å². The van der Waals surface area contributed by atoms with Crippen LogP contribution in [0.25, 0.3) is 11.0 Å². The van der Waals surface area contributed by atoms with Gasteiger partial charge < -0.3 is 15.5 Å². The molecule has 2 aromatic carbocycles. The molecule has 0 aliphatic rings. The number of carbonyl (C=O) groups excluding carboxylic acids is 2. The molecule has 0 radical (unpaired) electrons. The van der Waals surface area contributed by atoms with Crippen LogP contribution in [0.15, 0.2) is 52.9 Å². The van der Waals surface area contributed by atoms with Gasteiger partial charge in [0.05, 0.1) is 0 Å². The first-order chi connectivity index (χ1) is 10.6. The van der Waals surface area contributed by atoms with Gasteiger partial charge in [-0.25, -0.2) is 0 Å². The largest absolute Gasteiger partial charge is 0.449 e. The molecule has 1 heterocycles. The number of benzene rings is 2. The van der Waals surface area contributed by atoms with Crippen LogP contribution in [0.2, 0.25) is 5.02 Å². The van der Waals surface area contributed by atoms with Gasteiger partial charge in [-0.05, 0) is 30.3 Å². The van der Waals surface area contributed by atoms with E-state index in [1.165, 1.54) is 0 Å². The van der Waals surface area contributed by atoms with Gasteiger partial charge in [0.15, 0.2) is 0 Å². The third-order valence-electron chi connectivity index (χ3n) is 3.15. The van der Waals surface area contributed by atoms with E-state index in [1.54, 1.807) is 48.5 Å². The molecule has 110 valence electrons. The van der Waals surface area contributed by atoms with Gasteiger partial charge in [-0.15, -0.1) is 0 Å². The van der Waals surface area contributed by atoms with Crippen molar-refractivity contribution in [2.75, 3.05) is 5.32 Å². The number of hydrogen-bond donors (Lipinski definition) is 2. The summed E-state index contributed by atoms with van der Waals surface area (Å²) in [5.74, 6) is -1.25. The van der Waals surface area contributed by atoms with Crippen molar-refractivity contribution in [2.45, 2.75) is 0 Å². The van der Waals surface area contributed by atoms with Crippen molar-refractivity contribution in [3.63, 3.8) is 0 Å². The Kier molecular flexibility index (Phi) is 3.56. The van der Waals surface area contributed by atoms with Gasteiger partial charge in [-0.2, -0.15) is 0 Å². The van der Waals surface area contributed by atoms with Gasteiger partial charge in [-0.3, -0.25) is 9.59 Å². The lowest BCUT2D eigenvalue weighted by molar-refractivity contribution is 0.0977. The maximum Gasteiger partial charge on any atom is 0.286 e. The summed E-state index contributed by atoms with van der Waals surface area (Å²) in [5.41, 5.74) is 6.41. The Bertz CT molecular complexity index is 872. The summed E-state index contributed by atoms with van der Waals surface area (Å²) in [6.45, 7) is 0. The Morgan fingerprint density at radius 3 is 2.50 bits per heavy atom. The molecule has 22 heavy (non-hydrogen) atoms. The summed E-state index contributed by atoms with van der Waals surface area (Å²) in [7, 11) is 0. The van der Waals surface area contributed by atoms with E-state index >= 15 is 0 Å². The number of amides is 2. The third kappa shape index (κ3) is 2.54. The highest BCUT2D eigenvalue weighted by atomic mass is 35.5. The maximum absolute atomic E-state index is 12.3. The van der Waals surface area contributed by atoms with E-state index in [4.69, 9.17) is 21.8 Å². The molecule has 0 unspecified atom stereocenters. The highest BCUT2D eigenvalue weighted by Crippen LogP contribution is 2.33. The van der Waals surface area contributed by atoms with E-state index in [1.807, 2.05) is 0 Å². The second-order valence-electron chi connectivity index (χ2n) is 4.63. The normalized spacial score (nSPS) is 10.6. The predicted molar refractivity (Wildman–Crippen MR) is 84.1 cm³/mol. The van der Waals surface area contributed by atoms with Crippen molar-refractivity contribution in [1.29, 1.82) is 0 Å². The standard InChI is InChI=1S/C16H11ClN2O3/c17-10-6-7-12-11(8-10)13(14(22-12)15(18)20)19-16(21)9-4-2-1-3-5-9/h1-8H,(H2,18,20)(H,19,21). The van der Waals surface area contributed by atoms with E-state index < -0.39 is 5.91 Å². The van der Waals surface area contributed by atoms with Crippen LogP contribution in [-0.4, -0.2) is 11.8 Å². The molecule has 0 saturated carbocycles. The zero-order valence-corrected chi connectivity index (χ0v) is 12.1. The highest BCUT2D eigenvalue weighted by molar-refractivity contribution is 6.31. The molecule has 3 aromatic rings. The van der Waals surface area contributed by atoms with Crippen molar-refractivity contribution in [3.8, 4) is 0 Å². The summed E-state index contributed by atoms with van der Waals surface area (Å²) in [6, 6.07) is 13.5. The molecule has 0 atom stereocenters.